The van der Waals surface area contributed by atoms with Gasteiger partial charge in [-0.15, -0.1) is 0 Å². The second-order valence-electron chi connectivity index (χ2n) is 2.20. The summed E-state index contributed by atoms with van der Waals surface area (Å²) >= 11 is 0. The summed E-state index contributed by atoms with van der Waals surface area (Å²) in [5.41, 5.74) is 5.77. The first-order valence-electron chi connectivity index (χ1n) is 3.22. The lowest BCUT2D eigenvalue weighted by Gasteiger charge is -1.93. The maximum Gasteiger partial charge on any atom is 0.268 e. The number of aromatic nitrogens is 4. The minimum absolute atomic E-state index is 0.174. The fraction of sp³-hybridized carbons (Fsp3) is 0. The van der Waals surface area contributed by atoms with Crippen molar-refractivity contribution in [3.63, 3.8) is 0 Å². The third-order valence-electron chi connectivity index (χ3n) is 1.42. The largest absolute Gasteiger partial charge is 0.364 e. The minimum Gasteiger partial charge on any atom is -0.364 e. The molecule has 0 atom stereocenters. The first-order chi connectivity index (χ1) is 5.77. The number of hydrogen-bond donors (Lipinski definition) is 1. The Balaban J connectivity index is 2.68. The van der Waals surface area contributed by atoms with Crippen LogP contribution in [0.15, 0.2) is 18.7 Å². The second kappa shape index (κ2) is 2.26. The van der Waals surface area contributed by atoms with Gasteiger partial charge in [0.25, 0.3) is 5.91 Å². The van der Waals surface area contributed by atoms with Gasteiger partial charge in [-0.05, 0) is 0 Å². The average molecular weight is 163 g/mol. The quantitative estimate of drug-likeness (QED) is 0.597. The van der Waals surface area contributed by atoms with Crippen LogP contribution in [0.3, 0.4) is 0 Å². The van der Waals surface area contributed by atoms with Crippen molar-refractivity contribution in [2.45, 2.75) is 0 Å². The molecule has 0 radical (unpaired) electrons. The third kappa shape index (κ3) is 0.895. The predicted molar refractivity (Wildman–Crippen MR) is 39.3 cm³/mol. The highest BCUT2D eigenvalue weighted by atomic mass is 16.1. The highest BCUT2D eigenvalue weighted by Crippen LogP contribution is 1.96. The van der Waals surface area contributed by atoms with Crippen LogP contribution in [0.2, 0.25) is 0 Å². The Hall–Kier alpha value is -1.98. The van der Waals surface area contributed by atoms with E-state index < -0.39 is 5.91 Å². The Morgan fingerprint density at radius 2 is 2.33 bits per heavy atom. The predicted octanol–water partition coefficient (Wildman–Crippen LogP) is -0.777. The average Bonchev–Trinajstić information content (AvgIpc) is 2.49. The van der Waals surface area contributed by atoms with E-state index in [0.717, 1.165) is 0 Å². The number of primary amides is 1. The molecule has 0 bridgehead atoms. The van der Waals surface area contributed by atoms with E-state index in [-0.39, 0.29) is 5.69 Å². The van der Waals surface area contributed by atoms with E-state index in [9.17, 15) is 4.79 Å². The summed E-state index contributed by atoms with van der Waals surface area (Å²) in [7, 11) is 0. The first-order valence-corrected chi connectivity index (χ1v) is 3.22. The Labute approximate surface area is 67.0 Å². The van der Waals surface area contributed by atoms with Crippen LogP contribution >= 0.6 is 0 Å². The van der Waals surface area contributed by atoms with Gasteiger partial charge < -0.3 is 5.73 Å². The van der Waals surface area contributed by atoms with Crippen molar-refractivity contribution in [3.8, 4) is 0 Å². The molecule has 0 fully saturated rings. The second-order valence-corrected chi connectivity index (χ2v) is 2.20. The van der Waals surface area contributed by atoms with Gasteiger partial charge in [0.15, 0.2) is 5.65 Å². The number of fused-ring (bicyclic) bond motifs is 1. The maximum atomic E-state index is 10.7. The van der Waals surface area contributed by atoms with Gasteiger partial charge in [0.05, 0.1) is 12.4 Å². The molecule has 0 aromatic carbocycles. The monoisotopic (exact) mass is 163 g/mol. The van der Waals surface area contributed by atoms with Crippen LogP contribution in [-0.2, 0) is 0 Å². The molecule has 12 heavy (non-hydrogen) atoms. The molecule has 0 saturated carbocycles. The summed E-state index contributed by atoms with van der Waals surface area (Å²) in [6, 6.07) is 0. The summed E-state index contributed by atoms with van der Waals surface area (Å²) in [5, 5.41) is 3.82. The Kier molecular flexibility index (Phi) is 1.26. The van der Waals surface area contributed by atoms with Gasteiger partial charge in [0.2, 0.25) is 0 Å². The van der Waals surface area contributed by atoms with Gasteiger partial charge in [-0.2, -0.15) is 5.10 Å². The molecule has 6 nitrogen and oxygen atoms in total. The van der Waals surface area contributed by atoms with Crippen molar-refractivity contribution in [1.82, 2.24) is 19.6 Å². The maximum absolute atomic E-state index is 10.7. The molecule has 2 rings (SSSR count). The van der Waals surface area contributed by atoms with Crippen LogP contribution in [0.4, 0.5) is 0 Å². The Morgan fingerprint density at radius 3 is 3.08 bits per heavy atom. The van der Waals surface area contributed by atoms with Crippen molar-refractivity contribution in [1.29, 1.82) is 0 Å². The number of nitrogens with zero attached hydrogens (tertiary/aromatic N) is 4. The standard InChI is InChI=1S/C6H5N5O/c7-6(12)4-2-11-5(1-8-4)9-3-10-11/h1-3H,(H2,7,12). The molecule has 2 N–H and O–H groups in total. The first kappa shape index (κ1) is 6.71. The van der Waals surface area contributed by atoms with Gasteiger partial charge in [-0.25, -0.2) is 14.5 Å². The van der Waals surface area contributed by atoms with Gasteiger partial charge in [-0.3, -0.25) is 4.79 Å². The van der Waals surface area contributed by atoms with Crippen molar-refractivity contribution >= 4 is 11.6 Å². The Bertz CT molecular complexity index is 434. The molecule has 60 valence electrons. The highest BCUT2D eigenvalue weighted by molar-refractivity contribution is 5.90. The molecule has 0 unspecified atom stereocenters. The van der Waals surface area contributed by atoms with E-state index in [1.807, 2.05) is 0 Å². The lowest BCUT2D eigenvalue weighted by Crippen LogP contribution is -2.13. The van der Waals surface area contributed by atoms with Crippen LogP contribution in [0.25, 0.3) is 5.65 Å². The zero-order valence-electron chi connectivity index (χ0n) is 6.01. The molecular formula is C6H5N5O. The summed E-state index contributed by atoms with van der Waals surface area (Å²) in [4.78, 5) is 18.3. The molecule has 1 amide bonds. The molecule has 0 aliphatic heterocycles. The minimum atomic E-state index is -0.576. The summed E-state index contributed by atoms with van der Waals surface area (Å²) in [5.74, 6) is -0.576. The molecule has 0 aliphatic carbocycles. The zero-order valence-corrected chi connectivity index (χ0v) is 6.01. The molecule has 0 aliphatic rings. The lowest BCUT2D eigenvalue weighted by atomic mass is 10.4. The fourth-order valence-corrected chi connectivity index (χ4v) is 0.855. The number of nitrogens with two attached hydrogens (primary N) is 1. The van der Waals surface area contributed by atoms with Crippen molar-refractivity contribution in [3.05, 3.63) is 24.4 Å². The molecule has 2 heterocycles. The number of hydrogen-bond acceptors (Lipinski definition) is 4. The van der Waals surface area contributed by atoms with Gasteiger partial charge in [-0.1, -0.05) is 0 Å². The highest BCUT2D eigenvalue weighted by Gasteiger charge is 2.03. The number of rotatable bonds is 1. The van der Waals surface area contributed by atoms with E-state index in [1.54, 1.807) is 0 Å². The van der Waals surface area contributed by atoms with Crippen LogP contribution in [0.5, 0.6) is 0 Å². The summed E-state index contributed by atoms with van der Waals surface area (Å²) in [6.45, 7) is 0. The molecule has 2 aromatic rings. The van der Waals surface area contributed by atoms with Gasteiger partial charge in [0, 0.05) is 0 Å². The smallest absolute Gasteiger partial charge is 0.268 e. The zero-order chi connectivity index (χ0) is 8.55. The molecule has 0 spiro atoms. The SMILES string of the molecule is NC(=O)c1cn2ncnc2cn1. The molecule has 6 heteroatoms. The normalized spacial score (nSPS) is 10.3. The third-order valence-corrected chi connectivity index (χ3v) is 1.42. The van der Waals surface area contributed by atoms with Crippen LogP contribution in [-0.4, -0.2) is 25.5 Å². The van der Waals surface area contributed by atoms with Gasteiger partial charge in [0.1, 0.15) is 12.0 Å². The van der Waals surface area contributed by atoms with Crippen LogP contribution in [0.1, 0.15) is 10.5 Å². The van der Waals surface area contributed by atoms with Crippen molar-refractivity contribution < 1.29 is 4.79 Å². The lowest BCUT2D eigenvalue weighted by molar-refractivity contribution is 0.0995. The number of carbonyl (C=O) groups is 1. The Morgan fingerprint density at radius 1 is 1.50 bits per heavy atom. The fourth-order valence-electron chi connectivity index (χ4n) is 0.855. The molecule has 0 saturated heterocycles. The van der Waals surface area contributed by atoms with E-state index in [0.29, 0.717) is 5.65 Å². The molecule has 2 aromatic heterocycles. The van der Waals surface area contributed by atoms with E-state index in [2.05, 4.69) is 15.1 Å². The van der Waals surface area contributed by atoms with Crippen molar-refractivity contribution in [2.75, 3.05) is 0 Å². The van der Waals surface area contributed by atoms with Crippen LogP contribution < -0.4 is 5.73 Å². The topological polar surface area (TPSA) is 86.2 Å². The van der Waals surface area contributed by atoms with E-state index >= 15 is 0 Å². The molecular weight excluding hydrogens is 158 g/mol. The number of carbonyl (C=O) groups excluding carboxylic acids is 1. The van der Waals surface area contributed by atoms with Crippen molar-refractivity contribution in [2.24, 2.45) is 5.73 Å². The van der Waals surface area contributed by atoms with Crippen LogP contribution in [0, 0.1) is 0 Å². The summed E-state index contributed by atoms with van der Waals surface area (Å²) < 4.78 is 1.44. The summed E-state index contributed by atoms with van der Waals surface area (Å²) in [6.07, 6.45) is 4.25. The van der Waals surface area contributed by atoms with Gasteiger partial charge >= 0.3 is 0 Å². The van der Waals surface area contributed by atoms with E-state index in [1.165, 1.54) is 23.2 Å². The number of amides is 1. The van der Waals surface area contributed by atoms with E-state index in [4.69, 9.17) is 5.73 Å².